The lowest BCUT2D eigenvalue weighted by Gasteiger charge is -2.20. The van der Waals surface area contributed by atoms with Crippen LogP contribution in [0, 0.1) is 29.1 Å². The lowest BCUT2D eigenvalue weighted by atomic mass is 10.1. The van der Waals surface area contributed by atoms with E-state index in [1.54, 1.807) is 0 Å². The Hall–Kier alpha value is -1.66. The molecule has 0 aromatic heterocycles. The molecule has 2 nitrogen and oxygen atoms in total. The van der Waals surface area contributed by atoms with Crippen LogP contribution in [0.4, 0.5) is 22.0 Å². The third kappa shape index (κ3) is 2.60. The zero-order valence-corrected chi connectivity index (χ0v) is 9.71. The number of hydrogen-bond acceptors (Lipinski definition) is 2. The van der Waals surface area contributed by atoms with E-state index in [0.29, 0.717) is 0 Å². The van der Waals surface area contributed by atoms with Crippen molar-refractivity contribution in [1.82, 2.24) is 0 Å². The first-order valence-corrected chi connectivity index (χ1v) is 4.81. The zero-order chi connectivity index (χ0) is 14.2. The van der Waals surface area contributed by atoms with Crippen LogP contribution in [-0.2, 0) is 4.74 Å². The number of halogens is 5. The standard InChI is InChI=1S/C11H9F5O2/c1-11(2,3)18-10(17)4-5(12)7(14)9(16)8(15)6(4)13/h1-3H3. The van der Waals surface area contributed by atoms with Gasteiger partial charge in [-0.3, -0.25) is 0 Å². The van der Waals surface area contributed by atoms with Crippen molar-refractivity contribution in [2.75, 3.05) is 0 Å². The van der Waals surface area contributed by atoms with Crippen LogP contribution in [0.2, 0.25) is 0 Å². The number of ether oxygens (including phenoxy) is 1. The van der Waals surface area contributed by atoms with Gasteiger partial charge in [-0.05, 0) is 20.8 Å². The summed E-state index contributed by atoms with van der Waals surface area (Å²) in [5.74, 6) is -12.7. The fourth-order valence-electron chi connectivity index (χ4n) is 1.11. The normalized spacial score (nSPS) is 11.6. The summed E-state index contributed by atoms with van der Waals surface area (Å²) in [5, 5.41) is 0. The first-order valence-electron chi connectivity index (χ1n) is 4.81. The maximum Gasteiger partial charge on any atom is 0.344 e. The quantitative estimate of drug-likeness (QED) is 0.338. The Balaban J connectivity index is 3.38. The number of hydrogen-bond donors (Lipinski definition) is 0. The second-order valence-corrected chi connectivity index (χ2v) is 4.45. The Labute approximate surface area is 99.4 Å². The topological polar surface area (TPSA) is 26.3 Å². The molecule has 0 saturated heterocycles. The van der Waals surface area contributed by atoms with Crippen LogP contribution in [0.3, 0.4) is 0 Å². The van der Waals surface area contributed by atoms with Gasteiger partial charge in [0.25, 0.3) is 0 Å². The van der Waals surface area contributed by atoms with E-state index in [4.69, 9.17) is 0 Å². The second-order valence-electron chi connectivity index (χ2n) is 4.45. The van der Waals surface area contributed by atoms with Gasteiger partial charge in [0.05, 0.1) is 0 Å². The molecule has 0 aliphatic heterocycles. The molecule has 0 saturated carbocycles. The molecule has 18 heavy (non-hydrogen) atoms. The first-order chi connectivity index (χ1) is 8.06. The number of carbonyl (C=O) groups is 1. The Bertz CT molecular complexity index is 476. The summed E-state index contributed by atoms with van der Waals surface area (Å²) in [6.45, 7) is 4.16. The molecule has 0 heterocycles. The Morgan fingerprint density at radius 2 is 1.17 bits per heavy atom. The molecular weight excluding hydrogens is 259 g/mol. The van der Waals surface area contributed by atoms with Crippen molar-refractivity contribution in [1.29, 1.82) is 0 Å². The molecule has 7 heteroatoms. The highest BCUT2D eigenvalue weighted by Crippen LogP contribution is 2.24. The fraction of sp³-hybridized carbons (Fsp3) is 0.364. The number of carbonyl (C=O) groups excluding carboxylic acids is 1. The number of rotatable bonds is 1. The van der Waals surface area contributed by atoms with Crippen molar-refractivity contribution in [2.45, 2.75) is 26.4 Å². The summed E-state index contributed by atoms with van der Waals surface area (Å²) in [5.41, 5.74) is -2.72. The molecule has 0 bridgehead atoms. The third-order valence-electron chi connectivity index (χ3n) is 1.81. The molecule has 0 atom stereocenters. The molecule has 0 aliphatic rings. The Kier molecular flexibility index (Phi) is 3.64. The Morgan fingerprint density at radius 1 is 0.833 bits per heavy atom. The molecular formula is C11H9F5O2. The summed E-state index contributed by atoms with van der Waals surface area (Å²) in [6.07, 6.45) is 0. The molecule has 0 fully saturated rings. The van der Waals surface area contributed by atoms with E-state index in [9.17, 15) is 26.7 Å². The van der Waals surface area contributed by atoms with Crippen LogP contribution in [0.5, 0.6) is 0 Å². The van der Waals surface area contributed by atoms with Crippen LogP contribution < -0.4 is 0 Å². The average Bonchev–Trinajstić information content (AvgIpc) is 2.21. The lowest BCUT2D eigenvalue weighted by molar-refractivity contribution is 0.00565. The van der Waals surface area contributed by atoms with Crippen LogP contribution in [0.15, 0.2) is 0 Å². The van der Waals surface area contributed by atoms with Crippen LogP contribution >= 0.6 is 0 Å². The van der Waals surface area contributed by atoms with Gasteiger partial charge < -0.3 is 4.74 Å². The number of esters is 1. The molecule has 100 valence electrons. The SMILES string of the molecule is CC(C)(C)OC(=O)c1c(F)c(F)c(F)c(F)c1F. The summed E-state index contributed by atoms with van der Waals surface area (Å²) in [4.78, 5) is 11.4. The minimum Gasteiger partial charge on any atom is -0.456 e. The van der Waals surface area contributed by atoms with Gasteiger partial charge in [-0.25, -0.2) is 26.7 Å². The van der Waals surface area contributed by atoms with E-state index in [0.717, 1.165) is 0 Å². The average molecular weight is 268 g/mol. The van der Waals surface area contributed by atoms with Gasteiger partial charge in [0.2, 0.25) is 5.82 Å². The summed E-state index contributed by atoms with van der Waals surface area (Å²) >= 11 is 0. The first kappa shape index (κ1) is 14.4. The smallest absolute Gasteiger partial charge is 0.344 e. The molecule has 1 aromatic rings. The van der Waals surface area contributed by atoms with Crippen molar-refractivity contribution in [3.05, 3.63) is 34.6 Å². The summed E-state index contributed by atoms with van der Waals surface area (Å²) in [6, 6.07) is 0. The predicted molar refractivity (Wildman–Crippen MR) is 51.4 cm³/mol. The lowest BCUT2D eigenvalue weighted by Crippen LogP contribution is -2.26. The second kappa shape index (κ2) is 4.55. The Morgan fingerprint density at radius 3 is 1.50 bits per heavy atom. The van der Waals surface area contributed by atoms with Crippen LogP contribution in [0.1, 0.15) is 31.1 Å². The molecule has 0 N–H and O–H groups in total. The fourth-order valence-corrected chi connectivity index (χ4v) is 1.11. The van der Waals surface area contributed by atoms with Gasteiger partial charge in [0.15, 0.2) is 23.3 Å². The van der Waals surface area contributed by atoms with Crippen molar-refractivity contribution in [2.24, 2.45) is 0 Å². The minimum atomic E-state index is -2.32. The van der Waals surface area contributed by atoms with E-state index in [1.807, 2.05) is 0 Å². The van der Waals surface area contributed by atoms with Crippen LogP contribution in [0.25, 0.3) is 0 Å². The van der Waals surface area contributed by atoms with Crippen molar-refractivity contribution < 1.29 is 31.5 Å². The highest BCUT2D eigenvalue weighted by Gasteiger charge is 2.32. The molecule has 0 aliphatic carbocycles. The largest absolute Gasteiger partial charge is 0.456 e. The van der Waals surface area contributed by atoms with Crippen molar-refractivity contribution in [3.63, 3.8) is 0 Å². The van der Waals surface area contributed by atoms with Gasteiger partial charge >= 0.3 is 5.97 Å². The van der Waals surface area contributed by atoms with E-state index in [2.05, 4.69) is 4.74 Å². The molecule has 1 aromatic carbocycles. The predicted octanol–water partition coefficient (Wildman–Crippen LogP) is 3.34. The molecule has 1 rings (SSSR count). The number of benzene rings is 1. The van der Waals surface area contributed by atoms with Gasteiger partial charge in [-0.2, -0.15) is 0 Å². The molecule has 0 radical (unpaired) electrons. The van der Waals surface area contributed by atoms with Crippen molar-refractivity contribution >= 4 is 5.97 Å². The monoisotopic (exact) mass is 268 g/mol. The summed E-state index contributed by atoms with van der Waals surface area (Å²) < 4.78 is 69.3. The maximum absolute atomic E-state index is 13.2. The zero-order valence-electron chi connectivity index (χ0n) is 9.71. The van der Waals surface area contributed by atoms with Crippen LogP contribution in [-0.4, -0.2) is 11.6 Å². The molecule has 0 amide bonds. The van der Waals surface area contributed by atoms with Gasteiger partial charge in [0.1, 0.15) is 11.2 Å². The van der Waals surface area contributed by atoms with E-state index in [1.165, 1.54) is 20.8 Å². The summed E-state index contributed by atoms with van der Waals surface area (Å²) in [7, 11) is 0. The third-order valence-corrected chi connectivity index (χ3v) is 1.81. The molecule has 0 spiro atoms. The van der Waals surface area contributed by atoms with E-state index in [-0.39, 0.29) is 0 Å². The highest BCUT2D eigenvalue weighted by molar-refractivity contribution is 5.90. The maximum atomic E-state index is 13.2. The highest BCUT2D eigenvalue weighted by atomic mass is 19.2. The van der Waals surface area contributed by atoms with Gasteiger partial charge in [-0.15, -0.1) is 0 Å². The van der Waals surface area contributed by atoms with E-state index >= 15 is 0 Å². The molecule has 0 unspecified atom stereocenters. The van der Waals surface area contributed by atoms with Crippen molar-refractivity contribution in [3.8, 4) is 0 Å². The minimum absolute atomic E-state index is 1.13. The van der Waals surface area contributed by atoms with E-state index < -0.39 is 46.2 Å². The van der Waals surface area contributed by atoms with Gasteiger partial charge in [-0.1, -0.05) is 0 Å². The van der Waals surface area contributed by atoms with Gasteiger partial charge in [0, 0.05) is 0 Å².